The number of aryl methyl sites for hydroxylation is 2. The molecule has 0 saturated heterocycles. The fraction of sp³-hybridized carbons (Fsp3) is 0.238. The first-order valence-corrected chi connectivity index (χ1v) is 8.26. The van der Waals surface area contributed by atoms with Gasteiger partial charge in [0.05, 0.1) is 16.8 Å². The van der Waals surface area contributed by atoms with Crippen LogP contribution in [-0.2, 0) is 6.42 Å². The summed E-state index contributed by atoms with van der Waals surface area (Å²) in [5.41, 5.74) is 4.78. The van der Waals surface area contributed by atoms with E-state index in [1.807, 2.05) is 44.2 Å². The first-order chi connectivity index (χ1) is 11.5. The number of nitrogens with zero attached hydrogens (tertiary/aromatic N) is 1. The van der Waals surface area contributed by atoms with Crippen molar-refractivity contribution in [2.24, 2.45) is 0 Å². The highest BCUT2D eigenvalue weighted by molar-refractivity contribution is 5.98. The Labute approximate surface area is 142 Å². The van der Waals surface area contributed by atoms with Gasteiger partial charge in [-0.2, -0.15) is 0 Å². The van der Waals surface area contributed by atoms with Crippen molar-refractivity contribution in [2.75, 3.05) is 0 Å². The third kappa shape index (κ3) is 3.62. The number of benzene rings is 2. The van der Waals surface area contributed by atoms with Crippen LogP contribution in [0.4, 0.5) is 0 Å². The maximum atomic E-state index is 12.6. The zero-order valence-corrected chi connectivity index (χ0v) is 14.3. The maximum Gasteiger partial charge on any atom is 0.253 e. The van der Waals surface area contributed by atoms with E-state index in [1.165, 1.54) is 11.1 Å². The Kier molecular flexibility index (Phi) is 4.61. The van der Waals surface area contributed by atoms with Crippen LogP contribution in [0.2, 0.25) is 0 Å². The van der Waals surface area contributed by atoms with Crippen LogP contribution in [0.25, 0.3) is 10.9 Å². The molecule has 2 aromatic carbocycles. The Hall–Kier alpha value is -2.68. The van der Waals surface area contributed by atoms with E-state index in [2.05, 4.69) is 41.5 Å². The lowest BCUT2D eigenvalue weighted by atomic mass is 10.0. The number of hydrogen-bond donors (Lipinski definition) is 1. The number of carbonyl (C=O) groups is 1. The van der Waals surface area contributed by atoms with Gasteiger partial charge in [0.2, 0.25) is 0 Å². The average Bonchev–Trinajstić information content (AvgIpc) is 2.56. The molecule has 0 aliphatic rings. The molecule has 0 fully saturated rings. The van der Waals surface area contributed by atoms with Gasteiger partial charge in [-0.15, -0.1) is 0 Å². The van der Waals surface area contributed by atoms with Crippen molar-refractivity contribution in [3.05, 3.63) is 77.0 Å². The average molecular weight is 318 g/mol. The monoisotopic (exact) mass is 318 g/mol. The lowest BCUT2D eigenvalue weighted by molar-refractivity contribution is 0.0939. The molecular formula is C21H22N2O. The summed E-state index contributed by atoms with van der Waals surface area (Å²) in [5.74, 6) is -0.0645. The molecule has 1 aromatic heterocycles. The molecule has 3 nitrogen and oxygen atoms in total. The van der Waals surface area contributed by atoms with Gasteiger partial charge in [0.25, 0.3) is 5.91 Å². The van der Waals surface area contributed by atoms with Crippen LogP contribution in [0.5, 0.6) is 0 Å². The van der Waals surface area contributed by atoms with E-state index >= 15 is 0 Å². The van der Waals surface area contributed by atoms with E-state index < -0.39 is 0 Å². The smallest absolute Gasteiger partial charge is 0.253 e. The van der Waals surface area contributed by atoms with Crippen LogP contribution in [-0.4, -0.2) is 16.9 Å². The van der Waals surface area contributed by atoms with Crippen molar-refractivity contribution < 1.29 is 4.79 Å². The number of aromatic nitrogens is 1. The molecule has 1 atom stereocenters. The molecule has 0 saturated carbocycles. The molecule has 3 rings (SSSR count). The summed E-state index contributed by atoms with van der Waals surface area (Å²) in [4.78, 5) is 17.1. The highest BCUT2D eigenvalue weighted by Crippen LogP contribution is 2.16. The molecule has 0 bridgehead atoms. The van der Waals surface area contributed by atoms with Crippen LogP contribution in [0, 0.1) is 13.8 Å². The minimum absolute atomic E-state index is 0.0612. The third-order valence-electron chi connectivity index (χ3n) is 4.20. The molecule has 0 radical (unpaired) electrons. The minimum atomic E-state index is -0.0645. The van der Waals surface area contributed by atoms with Crippen molar-refractivity contribution in [3.63, 3.8) is 0 Å². The minimum Gasteiger partial charge on any atom is -0.349 e. The fourth-order valence-corrected chi connectivity index (χ4v) is 2.87. The topological polar surface area (TPSA) is 42.0 Å². The largest absolute Gasteiger partial charge is 0.349 e. The molecule has 1 unspecified atom stereocenters. The van der Waals surface area contributed by atoms with Gasteiger partial charge in [0.1, 0.15) is 0 Å². The quantitative estimate of drug-likeness (QED) is 0.783. The van der Waals surface area contributed by atoms with Gasteiger partial charge < -0.3 is 5.32 Å². The van der Waals surface area contributed by atoms with Crippen molar-refractivity contribution in [1.82, 2.24) is 10.3 Å². The lowest BCUT2D eigenvalue weighted by Gasteiger charge is -2.15. The standard InChI is InChI=1S/C21H22N2O/c1-14-8-10-17(11-9-14)12-15(2)22-21(24)19-13-18-6-4-5-7-20(18)23-16(19)3/h4-11,13,15H,12H2,1-3H3,(H,22,24). The van der Waals surface area contributed by atoms with Crippen molar-refractivity contribution in [2.45, 2.75) is 33.2 Å². The second-order valence-electron chi connectivity index (χ2n) is 6.38. The highest BCUT2D eigenvalue weighted by atomic mass is 16.1. The second-order valence-corrected chi connectivity index (χ2v) is 6.38. The van der Waals surface area contributed by atoms with E-state index in [9.17, 15) is 4.79 Å². The summed E-state index contributed by atoms with van der Waals surface area (Å²) in [6.07, 6.45) is 0.812. The molecular weight excluding hydrogens is 296 g/mol. The van der Waals surface area contributed by atoms with E-state index in [1.54, 1.807) is 0 Å². The molecule has 0 aliphatic carbocycles. The van der Waals surface area contributed by atoms with Gasteiger partial charge in [-0.1, -0.05) is 48.0 Å². The molecule has 3 aromatic rings. The summed E-state index contributed by atoms with van der Waals surface area (Å²) in [5, 5.41) is 4.07. The van der Waals surface area contributed by atoms with Gasteiger partial charge >= 0.3 is 0 Å². The third-order valence-corrected chi connectivity index (χ3v) is 4.20. The van der Waals surface area contributed by atoms with Gasteiger partial charge in [-0.05, 0) is 44.9 Å². The number of carbonyl (C=O) groups excluding carboxylic acids is 1. The van der Waals surface area contributed by atoms with Crippen LogP contribution in [0.15, 0.2) is 54.6 Å². The number of amides is 1. The Balaban J connectivity index is 1.74. The Morgan fingerprint density at radius 2 is 1.79 bits per heavy atom. The zero-order valence-electron chi connectivity index (χ0n) is 14.3. The number of nitrogens with one attached hydrogen (secondary N) is 1. The Morgan fingerprint density at radius 1 is 1.08 bits per heavy atom. The van der Waals surface area contributed by atoms with Crippen molar-refractivity contribution >= 4 is 16.8 Å². The normalized spacial score (nSPS) is 12.1. The molecule has 1 heterocycles. The summed E-state index contributed by atoms with van der Waals surface area (Å²) in [6.45, 7) is 5.98. The van der Waals surface area contributed by atoms with Crippen LogP contribution in [0.1, 0.15) is 34.1 Å². The fourth-order valence-electron chi connectivity index (χ4n) is 2.87. The lowest BCUT2D eigenvalue weighted by Crippen LogP contribution is -2.34. The molecule has 1 N–H and O–H groups in total. The van der Waals surface area contributed by atoms with Crippen LogP contribution < -0.4 is 5.32 Å². The molecule has 24 heavy (non-hydrogen) atoms. The predicted octanol–water partition coefficient (Wildman–Crippen LogP) is 4.21. The van der Waals surface area contributed by atoms with E-state index in [-0.39, 0.29) is 11.9 Å². The molecule has 1 amide bonds. The van der Waals surface area contributed by atoms with E-state index in [4.69, 9.17) is 0 Å². The van der Waals surface area contributed by atoms with Crippen LogP contribution >= 0.6 is 0 Å². The van der Waals surface area contributed by atoms with Gasteiger partial charge in [0.15, 0.2) is 0 Å². The molecule has 122 valence electrons. The highest BCUT2D eigenvalue weighted by Gasteiger charge is 2.14. The summed E-state index contributed by atoms with van der Waals surface area (Å²) >= 11 is 0. The van der Waals surface area contributed by atoms with Gasteiger partial charge in [-0.25, -0.2) is 0 Å². The number of para-hydroxylation sites is 1. The van der Waals surface area contributed by atoms with Gasteiger partial charge in [0, 0.05) is 11.4 Å². The Bertz CT molecular complexity index is 869. The second kappa shape index (κ2) is 6.83. The number of rotatable bonds is 4. The first-order valence-electron chi connectivity index (χ1n) is 8.26. The molecule has 0 aliphatic heterocycles. The predicted molar refractivity (Wildman–Crippen MR) is 98.3 cm³/mol. The first kappa shape index (κ1) is 16.2. The SMILES string of the molecule is Cc1ccc(CC(C)NC(=O)c2cc3ccccc3nc2C)cc1. The van der Waals surface area contributed by atoms with Crippen molar-refractivity contribution in [3.8, 4) is 0 Å². The zero-order chi connectivity index (χ0) is 17.1. The molecule has 0 spiro atoms. The van der Waals surface area contributed by atoms with E-state index in [0.29, 0.717) is 5.56 Å². The molecule has 3 heteroatoms. The summed E-state index contributed by atoms with van der Waals surface area (Å²) in [7, 11) is 0. The van der Waals surface area contributed by atoms with Crippen molar-refractivity contribution in [1.29, 1.82) is 0 Å². The Morgan fingerprint density at radius 3 is 2.54 bits per heavy atom. The summed E-state index contributed by atoms with van der Waals surface area (Å²) in [6, 6.07) is 18.3. The number of hydrogen-bond acceptors (Lipinski definition) is 2. The number of pyridine rings is 1. The van der Waals surface area contributed by atoms with Crippen LogP contribution in [0.3, 0.4) is 0 Å². The maximum absolute atomic E-state index is 12.6. The van der Waals surface area contributed by atoms with E-state index in [0.717, 1.165) is 23.0 Å². The van der Waals surface area contributed by atoms with Gasteiger partial charge in [-0.3, -0.25) is 9.78 Å². The number of fused-ring (bicyclic) bond motifs is 1. The summed E-state index contributed by atoms with van der Waals surface area (Å²) < 4.78 is 0.